The Bertz CT molecular complexity index is 776. The van der Waals surface area contributed by atoms with E-state index in [1.807, 2.05) is 35.2 Å². The Morgan fingerprint density at radius 2 is 1.88 bits per heavy atom. The van der Waals surface area contributed by atoms with Crippen molar-refractivity contribution in [3.8, 4) is 0 Å². The molecule has 0 radical (unpaired) electrons. The third-order valence-corrected chi connectivity index (χ3v) is 5.29. The predicted molar refractivity (Wildman–Crippen MR) is 96.2 cm³/mol. The van der Waals surface area contributed by atoms with E-state index in [-0.39, 0.29) is 23.9 Å². The number of rotatable bonds is 3. The molecule has 0 saturated carbocycles. The highest BCUT2D eigenvalue weighted by atomic mass is 19.1. The number of ether oxygens (including phenoxy) is 1. The lowest BCUT2D eigenvalue weighted by atomic mass is 9.89. The Balaban J connectivity index is 1.41. The van der Waals surface area contributed by atoms with Gasteiger partial charge in [-0.05, 0) is 37.1 Å². The first-order chi connectivity index (χ1) is 12.7. The first kappa shape index (κ1) is 17.1. The van der Waals surface area contributed by atoms with Crippen LogP contribution in [0.3, 0.4) is 0 Å². The smallest absolute Gasteiger partial charge is 0.253 e. The maximum atomic E-state index is 13.8. The van der Waals surface area contributed by atoms with Gasteiger partial charge in [0.25, 0.3) is 5.91 Å². The molecule has 0 bridgehead atoms. The van der Waals surface area contributed by atoms with Crippen LogP contribution < -0.4 is 4.90 Å². The quantitative estimate of drug-likeness (QED) is 0.849. The fraction of sp³-hybridized carbons (Fsp3) is 0.400. The van der Waals surface area contributed by atoms with Crippen LogP contribution in [-0.4, -0.2) is 47.6 Å². The van der Waals surface area contributed by atoms with Crippen molar-refractivity contribution in [1.29, 1.82) is 0 Å². The number of morpholine rings is 1. The molecule has 1 spiro atoms. The summed E-state index contributed by atoms with van der Waals surface area (Å²) < 4.78 is 19.8. The molecule has 3 heterocycles. The summed E-state index contributed by atoms with van der Waals surface area (Å²) >= 11 is 0. The summed E-state index contributed by atoms with van der Waals surface area (Å²) in [7, 11) is 0. The van der Waals surface area contributed by atoms with Crippen molar-refractivity contribution >= 4 is 11.6 Å². The van der Waals surface area contributed by atoms with E-state index in [9.17, 15) is 9.18 Å². The molecule has 2 saturated heterocycles. The fourth-order valence-corrected chi connectivity index (χ4v) is 3.73. The van der Waals surface area contributed by atoms with E-state index in [1.54, 1.807) is 12.3 Å². The van der Waals surface area contributed by atoms with Crippen molar-refractivity contribution in [1.82, 2.24) is 9.88 Å². The Hall–Kier alpha value is -2.31. The van der Waals surface area contributed by atoms with E-state index >= 15 is 0 Å². The molecule has 1 aromatic carbocycles. The highest BCUT2D eigenvalue weighted by molar-refractivity contribution is 5.95. The fourth-order valence-electron chi connectivity index (χ4n) is 3.73. The second-order valence-electron chi connectivity index (χ2n) is 7.00. The molecule has 2 aliphatic rings. The number of hydrogen-bond acceptors (Lipinski definition) is 4. The SMILES string of the molecule is O=C1COC2(CCN(Cc3ncccc3F)CC2)CN1c1ccccc1. The van der Waals surface area contributed by atoms with E-state index in [2.05, 4.69) is 9.88 Å². The van der Waals surface area contributed by atoms with Crippen molar-refractivity contribution < 1.29 is 13.9 Å². The Labute approximate surface area is 152 Å². The number of para-hydroxylation sites is 1. The Morgan fingerprint density at radius 3 is 2.62 bits per heavy atom. The Morgan fingerprint density at radius 1 is 1.12 bits per heavy atom. The molecule has 6 heteroatoms. The highest BCUT2D eigenvalue weighted by Gasteiger charge is 2.42. The van der Waals surface area contributed by atoms with Crippen LogP contribution in [0.4, 0.5) is 10.1 Å². The van der Waals surface area contributed by atoms with Crippen LogP contribution in [0, 0.1) is 5.82 Å². The van der Waals surface area contributed by atoms with Crippen LogP contribution in [0.25, 0.3) is 0 Å². The van der Waals surface area contributed by atoms with E-state index in [0.29, 0.717) is 18.8 Å². The van der Waals surface area contributed by atoms with Gasteiger partial charge in [0.1, 0.15) is 12.4 Å². The van der Waals surface area contributed by atoms with Gasteiger partial charge in [-0.15, -0.1) is 0 Å². The van der Waals surface area contributed by atoms with Crippen molar-refractivity contribution in [2.24, 2.45) is 0 Å². The summed E-state index contributed by atoms with van der Waals surface area (Å²) in [4.78, 5) is 20.5. The minimum Gasteiger partial charge on any atom is -0.363 e. The van der Waals surface area contributed by atoms with Crippen LogP contribution in [0.1, 0.15) is 18.5 Å². The van der Waals surface area contributed by atoms with Gasteiger partial charge < -0.3 is 9.64 Å². The zero-order valence-corrected chi connectivity index (χ0v) is 14.6. The van der Waals surface area contributed by atoms with E-state index in [4.69, 9.17) is 4.74 Å². The maximum Gasteiger partial charge on any atom is 0.253 e. The number of carbonyl (C=O) groups excluding carboxylic acids is 1. The minimum atomic E-state index is -0.317. The second-order valence-corrected chi connectivity index (χ2v) is 7.00. The third-order valence-electron chi connectivity index (χ3n) is 5.29. The molecule has 1 amide bonds. The standard InChI is InChI=1S/C20H22FN3O2/c21-17-7-4-10-22-18(17)13-23-11-8-20(9-12-23)15-24(19(25)14-26-20)16-5-2-1-3-6-16/h1-7,10H,8-9,11-15H2. The van der Waals surface area contributed by atoms with Gasteiger partial charge in [0.15, 0.2) is 0 Å². The topological polar surface area (TPSA) is 45.7 Å². The van der Waals surface area contributed by atoms with Gasteiger partial charge >= 0.3 is 0 Å². The van der Waals surface area contributed by atoms with Crippen molar-refractivity contribution in [3.05, 3.63) is 60.2 Å². The third kappa shape index (κ3) is 3.48. The lowest BCUT2D eigenvalue weighted by Gasteiger charge is -2.47. The summed E-state index contributed by atoms with van der Waals surface area (Å²) in [6.45, 7) is 2.79. The van der Waals surface area contributed by atoms with Crippen LogP contribution in [-0.2, 0) is 16.1 Å². The first-order valence-electron chi connectivity index (χ1n) is 8.96. The number of nitrogens with zero attached hydrogens (tertiary/aromatic N) is 3. The van der Waals surface area contributed by atoms with Crippen LogP contribution >= 0.6 is 0 Å². The molecule has 5 nitrogen and oxygen atoms in total. The number of pyridine rings is 1. The number of aromatic nitrogens is 1. The number of carbonyl (C=O) groups is 1. The molecule has 2 aliphatic heterocycles. The van der Waals surface area contributed by atoms with Gasteiger partial charge in [-0.3, -0.25) is 14.7 Å². The van der Waals surface area contributed by atoms with Crippen molar-refractivity contribution in [3.63, 3.8) is 0 Å². The van der Waals surface area contributed by atoms with Gasteiger partial charge in [0.05, 0.1) is 17.8 Å². The second kappa shape index (κ2) is 7.13. The molecular formula is C20H22FN3O2. The van der Waals surface area contributed by atoms with E-state index < -0.39 is 0 Å². The first-order valence-corrected chi connectivity index (χ1v) is 8.96. The lowest BCUT2D eigenvalue weighted by Crippen LogP contribution is -2.58. The molecule has 4 rings (SSSR count). The number of hydrogen-bond donors (Lipinski definition) is 0. The number of piperidine rings is 1. The van der Waals surface area contributed by atoms with E-state index in [1.165, 1.54) is 6.07 Å². The molecular weight excluding hydrogens is 333 g/mol. The zero-order valence-electron chi connectivity index (χ0n) is 14.6. The minimum absolute atomic E-state index is 0.000175. The average molecular weight is 355 g/mol. The molecule has 2 aromatic rings. The summed E-state index contributed by atoms with van der Waals surface area (Å²) in [6.07, 6.45) is 3.26. The molecule has 2 fully saturated rings. The zero-order chi connectivity index (χ0) is 18.0. The molecule has 1 aromatic heterocycles. The van der Waals surface area contributed by atoms with Gasteiger partial charge in [0.2, 0.25) is 0 Å². The number of likely N-dealkylation sites (tertiary alicyclic amines) is 1. The van der Waals surface area contributed by atoms with Crippen LogP contribution in [0.5, 0.6) is 0 Å². The average Bonchev–Trinajstić information content (AvgIpc) is 2.68. The molecule has 26 heavy (non-hydrogen) atoms. The van der Waals surface area contributed by atoms with Crippen LogP contribution in [0.15, 0.2) is 48.7 Å². The lowest BCUT2D eigenvalue weighted by molar-refractivity contribution is -0.145. The largest absolute Gasteiger partial charge is 0.363 e. The number of halogens is 1. The highest BCUT2D eigenvalue weighted by Crippen LogP contribution is 2.33. The van der Waals surface area contributed by atoms with Gasteiger partial charge in [-0.25, -0.2) is 4.39 Å². The van der Waals surface area contributed by atoms with Gasteiger partial charge in [-0.1, -0.05) is 18.2 Å². The predicted octanol–water partition coefficient (Wildman–Crippen LogP) is 2.62. The van der Waals surface area contributed by atoms with Crippen LogP contribution in [0.2, 0.25) is 0 Å². The molecule has 0 aliphatic carbocycles. The maximum absolute atomic E-state index is 13.8. The number of anilines is 1. The van der Waals surface area contributed by atoms with Gasteiger partial charge in [-0.2, -0.15) is 0 Å². The molecule has 136 valence electrons. The summed E-state index contributed by atoms with van der Waals surface area (Å²) in [5, 5.41) is 0. The Kier molecular flexibility index (Phi) is 4.70. The summed E-state index contributed by atoms with van der Waals surface area (Å²) in [5.41, 5.74) is 1.08. The summed E-state index contributed by atoms with van der Waals surface area (Å²) in [6, 6.07) is 12.8. The molecule has 0 unspecified atom stereocenters. The number of amides is 1. The molecule has 0 atom stereocenters. The monoisotopic (exact) mass is 355 g/mol. The normalized spacial score (nSPS) is 20.5. The summed E-state index contributed by atoms with van der Waals surface area (Å²) in [5.74, 6) is -0.262. The molecule has 0 N–H and O–H groups in total. The van der Waals surface area contributed by atoms with Crippen molar-refractivity contribution in [2.75, 3.05) is 31.1 Å². The van der Waals surface area contributed by atoms with Gasteiger partial charge in [0, 0.05) is 31.5 Å². The van der Waals surface area contributed by atoms with E-state index in [0.717, 1.165) is 31.6 Å². The number of benzene rings is 1. The van der Waals surface area contributed by atoms with Crippen molar-refractivity contribution in [2.45, 2.75) is 25.0 Å².